The van der Waals surface area contributed by atoms with Crippen molar-refractivity contribution in [2.24, 2.45) is 0 Å². The number of aliphatic hydroxyl groups is 1. The van der Waals surface area contributed by atoms with Crippen LogP contribution in [0.1, 0.15) is 12.0 Å². The lowest BCUT2D eigenvalue weighted by Crippen LogP contribution is -2.26. The van der Waals surface area contributed by atoms with Crippen molar-refractivity contribution in [3.63, 3.8) is 0 Å². The van der Waals surface area contributed by atoms with Crippen LogP contribution in [0.3, 0.4) is 0 Å². The third-order valence-electron chi connectivity index (χ3n) is 2.03. The van der Waals surface area contributed by atoms with Crippen LogP contribution in [0.15, 0.2) is 43.0 Å². The fourth-order valence-corrected chi connectivity index (χ4v) is 1.25. The molecule has 1 aromatic rings. The fraction of sp³-hybridized carbons (Fsp3) is 0.182. The van der Waals surface area contributed by atoms with Crippen LogP contribution in [0.2, 0.25) is 0 Å². The van der Waals surface area contributed by atoms with Crippen LogP contribution in [0.4, 0.5) is 0 Å². The number of benzene rings is 1. The standard InChI is InChI=1S/C11H12O3/c1-2-11(14,8-10(12)13)9-6-4-3-5-7-9/h2-7,14H,1,8H2,(H,12,13). The highest BCUT2D eigenvalue weighted by Gasteiger charge is 2.28. The van der Waals surface area contributed by atoms with Crippen molar-refractivity contribution < 1.29 is 15.0 Å². The molecule has 1 unspecified atom stereocenters. The third-order valence-corrected chi connectivity index (χ3v) is 2.03. The van der Waals surface area contributed by atoms with E-state index in [1.807, 2.05) is 0 Å². The zero-order valence-corrected chi connectivity index (χ0v) is 7.68. The highest BCUT2D eigenvalue weighted by Crippen LogP contribution is 2.25. The van der Waals surface area contributed by atoms with E-state index in [0.29, 0.717) is 5.56 Å². The summed E-state index contributed by atoms with van der Waals surface area (Å²) in [5.74, 6) is -1.06. The number of carboxylic acid groups (broad SMARTS) is 1. The van der Waals surface area contributed by atoms with Gasteiger partial charge in [0.1, 0.15) is 5.60 Å². The molecule has 1 atom stereocenters. The zero-order valence-electron chi connectivity index (χ0n) is 7.68. The third kappa shape index (κ3) is 2.20. The average Bonchev–Trinajstić information content (AvgIpc) is 2.18. The second kappa shape index (κ2) is 4.07. The van der Waals surface area contributed by atoms with Gasteiger partial charge in [-0.05, 0) is 5.56 Å². The smallest absolute Gasteiger partial charge is 0.306 e. The van der Waals surface area contributed by atoms with E-state index >= 15 is 0 Å². The Hall–Kier alpha value is -1.61. The van der Waals surface area contributed by atoms with Gasteiger partial charge in [-0.25, -0.2) is 0 Å². The molecule has 3 heteroatoms. The van der Waals surface area contributed by atoms with Gasteiger partial charge < -0.3 is 10.2 Å². The van der Waals surface area contributed by atoms with Crippen LogP contribution in [-0.2, 0) is 10.4 Å². The highest BCUT2D eigenvalue weighted by atomic mass is 16.4. The molecular weight excluding hydrogens is 180 g/mol. The lowest BCUT2D eigenvalue weighted by molar-refractivity contribution is -0.141. The van der Waals surface area contributed by atoms with E-state index in [2.05, 4.69) is 6.58 Å². The molecule has 0 aromatic heterocycles. The Kier molecular flexibility index (Phi) is 3.04. The molecule has 0 spiro atoms. The lowest BCUT2D eigenvalue weighted by Gasteiger charge is -2.22. The van der Waals surface area contributed by atoms with Gasteiger partial charge >= 0.3 is 5.97 Å². The first-order chi connectivity index (χ1) is 6.58. The first-order valence-electron chi connectivity index (χ1n) is 4.22. The molecule has 0 aliphatic rings. The maximum Gasteiger partial charge on any atom is 0.306 e. The van der Waals surface area contributed by atoms with Crippen molar-refractivity contribution in [1.82, 2.24) is 0 Å². The molecule has 0 radical (unpaired) electrons. The molecule has 2 N–H and O–H groups in total. The van der Waals surface area contributed by atoms with Crippen molar-refractivity contribution >= 4 is 5.97 Å². The Balaban J connectivity index is 3.01. The normalized spacial score (nSPS) is 14.4. The summed E-state index contributed by atoms with van der Waals surface area (Å²) in [6, 6.07) is 8.63. The van der Waals surface area contributed by atoms with Gasteiger partial charge in [-0.15, -0.1) is 0 Å². The summed E-state index contributed by atoms with van der Waals surface area (Å²) in [6.07, 6.45) is 0.872. The topological polar surface area (TPSA) is 57.5 Å². The summed E-state index contributed by atoms with van der Waals surface area (Å²) in [6.45, 7) is 3.45. The van der Waals surface area contributed by atoms with E-state index in [-0.39, 0.29) is 6.42 Å². The van der Waals surface area contributed by atoms with Crippen molar-refractivity contribution in [3.05, 3.63) is 48.6 Å². The Bertz CT molecular complexity index is 332. The van der Waals surface area contributed by atoms with Crippen molar-refractivity contribution in [2.75, 3.05) is 0 Å². The van der Waals surface area contributed by atoms with Gasteiger partial charge in [0.2, 0.25) is 0 Å². The van der Waals surface area contributed by atoms with Gasteiger partial charge in [0.25, 0.3) is 0 Å². The van der Waals surface area contributed by atoms with Crippen LogP contribution in [0, 0.1) is 0 Å². The lowest BCUT2D eigenvalue weighted by atomic mass is 9.91. The number of hydrogen-bond acceptors (Lipinski definition) is 2. The van der Waals surface area contributed by atoms with Gasteiger partial charge in [0, 0.05) is 0 Å². The minimum Gasteiger partial charge on any atom is -0.481 e. The molecule has 0 heterocycles. The van der Waals surface area contributed by atoms with Gasteiger partial charge in [-0.1, -0.05) is 43.0 Å². The van der Waals surface area contributed by atoms with Crippen LogP contribution in [0.5, 0.6) is 0 Å². The Morgan fingerprint density at radius 2 is 2.00 bits per heavy atom. The van der Waals surface area contributed by atoms with E-state index in [0.717, 1.165) is 0 Å². The predicted molar refractivity (Wildman–Crippen MR) is 52.8 cm³/mol. The van der Waals surface area contributed by atoms with Gasteiger partial charge in [-0.2, -0.15) is 0 Å². The molecule has 0 fully saturated rings. The Morgan fingerprint density at radius 3 is 2.43 bits per heavy atom. The summed E-state index contributed by atoms with van der Waals surface area (Å²) >= 11 is 0. The van der Waals surface area contributed by atoms with Crippen LogP contribution >= 0.6 is 0 Å². The van der Waals surface area contributed by atoms with Gasteiger partial charge in [0.05, 0.1) is 6.42 Å². The van der Waals surface area contributed by atoms with E-state index in [4.69, 9.17) is 5.11 Å². The summed E-state index contributed by atoms with van der Waals surface area (Å²) in [4.78, 5) is 10.5. The summed E-state index contributed by atoms with van der Waals surface area (Å²) in [7, 11) is 0. The van der Waals surface area contributed by atoms with E-state index in [9.17, 15) is 9.90 Å². The Morgan fingerprint density at radius 1 is 1.43 bits per heavy atom. The largest absolute Gasteiger partial charge is 0.481 e. The average molecular weight is 192 g/mol. The molecule has 0 saturated carbocycles. The summed E-state index contributed by atoms with van der Waals surface area (Å²) in [5, 5.41) is 18.6. The monoisotopic (exact) mass is 192 g/mol. The molecule has 0 saturated heterocycles. The number of rotatable bonds is 4. The first kappa shape index (κ1) is 10.5. The van der Waals surface area contributed by atoms with Crippen LogP contribution < -0.4 is 0 Å². The van der Waals surface area contributed by atoms with Crippen molar-refractivity contribution in [1.29, 1.82) is 0 Å². The van der Waals surface area contributed by atoms with Crippen molar-refractivity contribution in [2.45, 2.75) is 12.0 Å². The number of carbonyl (C=O) groups is 1. The first-order valence-corrected chi connectivity index (χ1v) is 4.22. The molecular formula is C11H12O3. The van der Waals surface area contributed by atoms with Crippen LogP contribution in [-0.4, -0.2) is 16.2 Å². The maximum absolute atomic E-state index is 10.5. The van der Waals surface area contributed by atoms with E-state index in [1.165, 1.54) is 6.08 Å². The fourth-order valence-electron chi connectivity index (χ4n) is 1.25. The van der Waals surface area contributed by atoms with Crippen molar-refractivity contribution in [3.8, 4) is 0 Å². The molecule has 0 amide bonds. The Labute approximate surface area is 82.3 Å². The van der Waals surface area contributed by atoms with E-state index < -0.39 is 11.6 Å². The minimum absolute atomic E-state index is 0.374. The number of carboxylic acids is 1. The highest BCUT2D eigenvalue weighted by molar-refractivity contribution is 5.69. The predicted octanol–water partition coefficient (Wildman–Crippen LogP) is 1.53. The molecule has 3 nitrogen and oxygen atoms in total. The number of hydrogen-bond donors (Lipinski definition) is 2. The van der Waals surface area contributed by atoms with E-state index in [1.54, 1.807) is 30.3 Å². The number of aliphatic carboxylic acids is 1. The summed E-state index contributed by atoms with van der Waals surface area (Å²) < 4.78 is 0. The van der Waals surface area contributed by atoms with Gasteiger partial charge in [0.15, 0.2) is 0 Å². The van der Waals surface area contributed by atoms with Crippen LogP contribution in [0.25, 0.3) is 0 Å². The molecule has 14 heavy (non-hydrogen) atoms. The molecule has 1 aromatic carbocycles. The second-order valence-corrected chi connectivity index (χ2v) is 3.06. The second-order valence-electron chi connectivity index (χ2n) is 3.06. The molecule has 0 aliphatic carbocycles. The molecule has 1 rings (SSSR count). The molecule has 74 valence electrons. The summed E-state index contributed by atoms with van der Waals surface area (Å²) in [5.41, 5.74) is -0.940. The maximum atomic E-state index is 10.5. The zero-order chi connectivity index (χ0) is 10.6. The molecule has 0 bridgehead atoms. The SMILES string of the molecule is C=CC(O)(CC(=O)O)c1ccccc1. The molecule has 0 aliphatic heterocycles. The quantitative estimate of drug-likeness (QED) is 0.711. The van der Waals surface area contributed by atoms with Gasteiger partial charge in [-0.3, -0.25) is 4.79 Å². The minimum atomic E-state index is -1.48.